The number of aryl methyl sites for hydroxylation is 1. The molecule has 1 heterocycles. The molecule has 0 bridgehead atoms. The Bertz CT molecular complexity index is 431. The number of rotatable bonds is 5. The molecule has 0 aromatic carbocycles. The molecular formula is C16H28N2OS. The van der Waals surface area contributed by atoms with Gasteiger partial charge < -0.3 is 4.74 Å². The molecule has 0 spiro atoms. The second kappa shape index (κ2) is 6.14. The lowest BCUT2D eigenvalue weighted by Crippen LogP contribution is -2.51. The third kappa shape index (κ3) is 3.25. The highest BCUT2D eigenvalue weighted by molar-refractivity contribution is 7.12. The predicted molar refractivity (Wildman–Crippen MR) is 85.7 cm³/mol. The molecule has 0 aliphatic heterocycles. The average Bonchev–Trinajstić information content (AvgIpc) is 2.81. The van der Waals surface area contributed by atoms with Crippen molar-refractivity contribution in [1.29, 1.82) is 0 Å². The molecule has 1 fully saturated rings. The summed E-state index contributed by atoms with van der Waals surface area (Å²) in [6.07, 6.45) is 4.52. The van der Waals surface area contributed by atoms with Crippen LogP contribution in [-0.2, 0) is 4.74 Å². The molecule has 4 heteroatoms. The molecule has 0 amide bonds. The van der Waals surface area contributed by atoms with Crippen molar-refractivity contribution in [3.63, 3.8) is 0 Å². The Labute approximate surface area is 126 Å². The van der Waals surface area contributed by atoms with Gasteiger partial charge in [0.15, 0.2) is 0 Å². The molecule has 3 nitrogen and oxygen atoms in total. The van der Waals surface area contributed by atoms with Gasteiger partial charge in [-0.25, -0.2) is 5.43 Å². The molecule has 1 aliphatic carbocycles. The first-order chi connectivity index (χ1) is 9.42. The summed E-state index contributed by atoms with van der Waals surface area (Å²) < 4.78 is 6.24. The van der Waals surface area contributed by atoms with Crippen LogP contribution in [0, 0.1) is 12.3 Å². The fourth-order valence-corrected chi connectivity index (χ4v) is 4.30. The minimum Gasteiger partial charge on any atom is -0.373 e. The van der Waals surface area contributed by atoms with E-state index in [-0.39, 0.29) is 11.6 Å². The zero-order chi connectivity index (χ0) is 14.8. The Morgan fingerprint density at radius 1 is 1.30 bits per heavy atom. The van der Waals surface area contributed by atoms with Crippen LogP contribution in [0.25, 0.3) is 0 Å². The van der Waals surface area contributed by atoms with Gasteiger partial charge in [0.25, 0.3) is 0 Å². The van der Waals surface area contributed by atoms with Gasteiger partial charge in [-0.1, -0.05) is 13.8 Å². The van der Waals surface area contributed by atoms with Crippen LogP contribution in [0.15, 0.2) is 12.1 Å². The van der Waals surface area contributed by atoms with Crippen LogP contribution in [0.1, 0.15) is 62.3 Å². The average molecular weight is 296 g/mol. The van der Waals surface area contributed by atoms with Gasteiger partial charge in [-0.15, -0.1) is 11.3 Å². The van der Waals surface area contributed by atoms with E-state index in [4.69, 9.17) is 10.6 Å². The quantitative estimate of drug-likeness (QED) is 0.639. The summed E-state index contributed by atoms with van der Waals surface area (Å²) in [6.45, 7) is 9.66. The lowest BCUT2D eigenvalue weighted by molar-refractivity contribution is -0.107. The summed E-state index contributed by atoms with van der Waals surface area (Å²) in [5.41, 5.74) is 3.31. The van der Waals surface area contributed by atoms with E-state index >= 15 is 0 Å². The number of nitrogens with one attached hydrogen (secondary N) is 1. The minimum absolute atomic E-state index is 0.0947. The second-order valence-electron chi connectivity index (χ2n) is 6.71. The van der Waals surface area contributed by atoms with Crippen molar-refractivity contribution in [3.05, 3.63) is 21.9 Å². The zero-order valence-corrected chi connectivity index (χ0v) is 14.0. The van der Waals surface area contributed by atoms with Crippen LogP contribution >= 0.6 is 11.3 Å². The standard InChI is InChI=1S/C16H28N2OS/c1-5-19-16(10-8-15(3,4)9-11-16)14(18-17)13-7-6-12(2)20-13/h6-7,14,18H,5,8-11,17H2,1-4H3. The summed E-state index contributed by atoms with van der Waals surface area (Å²) in [6, 6.07) is 4.44. The second-order valence-corrected chi connectivity index (χ2v) is 8.03. The number of thiophene rings is 1. The fourth-order valence-electron chi connectivity index (χ4n) is 3.26. The van der Waals surface area contributed by atoms with E-state index in [0.29, 0.717) is 5.41 Å². The lowest BCUT2D eigenvalue weighted by Gasteiger charge is -2.47. The van der Waals surface area contributed by atoms with Gasteiger partial charge >= 0.3 is 0 Å². The van der Waals surface area contributed by atoms with Crippen molar-refractivity contribution in [2.24, 2.45) is 11.3 Å². The van der Waals surface area contributed by atoms with Gasteiger partial charge in [0.2, 0.25) is 0 Å². The van der Waals surface area contributed by atoms with Gasteiger partial charge in [0.1, 0.15) is 0 Å². The zero-order valence-electron chi connectivity index (χ0n) is 13.2. The molecule has 2 rings (SSSR count). The molecule has 114 valence electrons. The molecule has 1 aromatic heterocycles. The van der Waals surface area contributed by atoms with E-state index in [0.717, 1.165) is 19.4 Å². The number of nitrogens with two attached hydrogens (primary N) is 1. The maximum Gasteiger partial charge on any atom is 0.0897 e. The largest absolute Gasteiger partial charge is 0.373 e. The van der Waals surface area contributed by atoms with Crippen LogP contribution in [0.3, 0.4) is 0 Å². The Kier molecular flexibility index (Phi) is 4.90. The van der Waals surface area contributed by atoms with Crippen molar-refractivity contribution in [2.45, 2.75) is 65.0 Å². The first kappa shape index (κ1) is 16.0. The van der Waals surface area contributed by atoms with Crippen molar-refractivity contribution in [3.8, 4) is 0 Å². The van der Waals surface area contributed by atoms with Gasteiger partial charge in [-0.3, -0.25) is 5.84 Å². The van der Waals surface area contributed by atoms with Crippen LogP contribution in [-0.4, -0.2) is 12.2 Å². The molecule has 0 radical (unpaired) electrons. The van der Waals surface area contributed by atoms with Crippen molar-refractivity contribution in [1.82, 2.24) is 5.43 Å². The van der Waals surface area contributed by atoms with Crippen molar-refractivity contribution < 1.29 is 4.74 Å². The summed E-state index contributed by atoms with van der Waals surface area (Å²) in [5.74, 6) is 5.90. The molecule has 1 atom stereocenters. The summed E-state index contributed by atoms with van der Waals surface area (Å²) in [7, 11) is 0. The van der Waals surface area contributed by atoms with E-state index in [1.807, 2.05) is 11.3 Å². The maximum absolute atomic E-state index is 6.24. The van der Waals surface area contributed by atoms with Crippen LogP contribution in [0.5, 0.6) is 0 Å². The first-order valence-electron chi connectivity index (χ1n) is 7.59. The fraction of sp³-hybridized carbons (Fsp3) is 0.750. The third-order valence-electron chi connectivity index (χ3n) is 4.62. The molecule has 1 aliphatic rings. The minimum atomic E-state index is -0.156. The maximum atomic E-state index is 6.24. The molecule has 3 N–H and O–H groups in total. The summed E-state index contributed by atoms with van der Waals surface area (Å²) in [5, 5.41) is 0. The van der Waals surface area contributed by atoms with Crippen LogP contribution in [0.2, 0.25) is 0 Å². The van der Waals surface area contributed by atoms with E-state index in [2.05, 4.69) is 45.3 Å². The molecule has 20 heavy (non-hydrogen) atoms. The van der Waals surface area contributed by atoms with Gasteiger partial charge in [-0.2, -0.15) is 0 Å². The molecule has 0 saturated heterocycles. The third-order valence-corrected chi connectivity index (χ3v) is 5.69. The Balaban J connectivity index is 2.26. The Hall–Kier alpha value is -0.420. The Morgan fingerprint density at radius 2 is 1.95 bits per heavy atom. The van der Waals surface area contributed by atoms with E-state index in [1.165, 1.54) is 22.6 Å². The van der Waals surface area contributed by atoms with Gasteiger partial charge in [0, 0.05) is 16.4 Å². The smallest absolute Gasteiger partial charge is 0.0897 e. The highest BCUT2D eigenvalue weighted by Gasteiger charge is 2.45. The molecule has 1 aromatic rings. The molecule has 1 saturated carbocycles. The highest BCUT2D eigenvalue weighted by Crippen LogP contribution is 2.48. The lowest BCUT2D eigenvalue weighted by atomic mass is 9.68. The SMILES string of the molecule is CCOC1(C(NN)c2ccc(C)s2)CCC(C)(C)CC1. The van der Waals surface area contributed by atoms with E-state index in [9.17, 15) is 0 Å². The van der Waals surface area contributed by atoms with Crippen LogP contribution in [0.4, 0.5) is 0 Å². The molecule has 1 unspecified atom stereocenters. The predicted octanol–water partition coefficient (Wildman–Crippen LogP) is 3.94. The number of hydrazine groups is 1. The van der Waals surface area contributed by atoms with Gasteiger partial charge in [-0.05, 0) is 57.1 Å². The van der Waals surface area contributed by atoms with Crippen LogP contribution < -0.4 is 11.3 Å². The first-order valence-corrected chi connectivity index (χ1v) is 8.40. The number of ether oxygens (including phenoxy) is 1. The van der Waals surface area contributed by atoms with E-state index < -0.39 is 0 Å². The summed E-state index contributed by atoms with van der Waals surface area (Å²) >= 11 is 1.82. The normalized spacial score (nSPS) is 22.6. The highest BCUT2D eigenvalue weighted by atomic mass is 32.1. The number of hydrogen-bond acceptors (Lipinski definition) is 4. The topological polar surface area (TPSA) is 47.3 Å². The van der Waals surface area contributed by atoms with Gasteiger partial charge in [0.05, 0.1) is 11.6 Å². The summed E-state index contributed by atoms with van der Waals surface area (Å²) in [4.78, 5) is 2.61. The number of hydrogen-bond donors (Lipinski definition) is 2. The Morgan fingerprint density at radius 3 is 2.40 bits per heavy atom. The van der Waals surface area contributed by atoms with Crippen molar-refractivity contribution in [2.75, 3.05) is 6.61 Å². The molecular weight excluding hydrogens is 268 g/mol. The van der Waals surface area contributed by atoms with E-state index in [1.54, 1.807) is 0 Å². The monoisotopic (exact) mass is 296 g/mol. The van der Waals surface area contributed by atoms with Crippen molar-refractivity contribution >= 4 is 11.3 Å².